The Labute approximate surface area is 113 Å². The molecule has 1 N–H and O–H groups in total. The minimum atomic E-state index is 0.284. The first-order valence-electron chi connectivity index (χ1n) is 6.57. The number of nitrogens with zero attached hydrogens (tertiary/aromatic N) is 3. The molecular weight excluding hydrogens is 248 g/mol. The van der Waals surface area contributed by atoms with E-state index in [1.165, 1.54) is 0 Å². The van der Waals surface area contributed by atoms with Crippen LogP contribution in [0.2, 0.25) is 0 Å². The quantitative estimate of drug-likeness (QED) is 0.831. The standard InChI is InChI=1S/C12H22N4OS/c1-3-4-13-10(11-8-18-6-5-17-11)7-12-14-9-15-16(12)2/h9-11,13H,3-8H2,1-2H3. The largest absolute Gasteiger partial charge is 0.375 e. The van der Waals surface area contributed by atoms with E-state index in [9.17, 15) is 0 Å². The van der Waals surface area contributed by atoms with Crippen molar-refractivity contribution < 1.29 is 4.74 Å². The van der Waals surface area contributed by atoms with E-state index in [0.29, 0.717) is 6.04 Å². The van der Waals surface area contributed by atoms with Crippen LogP contribution in [-0.2, 0) is 18.2 Å². The fourth-order valence-corrected chi connectivity index (χ4v) is 3.05. The maximum absolute atomic E-state index is 5.89. The van der Waals surface area contributed by atoms with Crippen molar-refractivity contribution in [3.05, 3.63) is 12.2 Å². The summed E-state index contributed by atoms with van der Waals surface area (Å²) >= 11 is 1.97. The third-order valence-corrected chi connectivity index (χ3v) is 4.17. The molecule has 0 radical (unpaired) electrons. The maximum Gasteiger partial charge on any atom is 0.138 e. The Balaban J connectivity index is 1.97. The summed E-state index contributed by atoms with van der Waals surface area (Å²) in [5.74, 6) is 3.20. The van der Waals surface area contributed by atoms with Gasteiger partial charge in [-0.05, 0) is 13.0 Å². The van der Waals surface area contributed by atoms with E-state index in [0.717, 1.165) is 43.3 Å². The monoisotopic (exact) mass is 270 g/mol. The second kappa shape index (κ2) is 7.11. The summed E-state index contributed by atoms with van der Waals surface area (Å²) in [6, 6.07) is 0.334. The molecule has 102 valence electrons. The fourth-order valence-electron chi connectivity index (χ4n) is 2.10. The van der Waals surface area contributed by atoms with Crippen molar-refractivity contribution in [2.45, 2.75) is 31.9 Å². The first-order chi connectivity index (χ1) is 8.81. The van der Waals surface area contributed by atoms with E-state index >= 15 is 0 Å². The van der Waals surface area contributed by atoms with Gasteiger partial charge in [-0.1, -0.05) is 6.92 Å². The van der Waals surface area contributed by atoms with Gasteiger partial charge in [-0.3, -0.25) is 4.68 Å². The second-order valence-corrected chi connectivity index (χ2v) is 5.70. The van der Waals surface area contributed by atoms with Gasteiger partial charge in [0.25, 0.3) is 0 Å². The van der Waals surface area contributed by atoms with Gasteiger partial charge in [0.15, 0.2) is 0 Å². The van der Waals surface area contributed by atoms with E-state index in [1.54, 1.807) is 6.33 Å². The van der Waals surface area contributed by atoms with E-state index in [-0.39, 0.29) is 6.10 Å². The molecule has 0 spiro atoms. The highest BCUT2D eigenvalue weighted by molar-refractivity contribution is 7.99. The Hall–Kier alpha value is -0.590. The smallest absolute Gasteiger partial charge is 0.138 e. The lowest BCUT2D eigenvalue weighted by Gasteiger charge is -2.30. The Morgan fingerprint density at radius 2 is 2.56 bits per heavy atom. The number of rotatable bonds is 6. The molecule has 1 fully saturated rings. The Morgan fingerprint density at radius 3 is 3.17 bits per heavy atom. The van der Waals surface area contributed by atoms with Crippen LogP contribution in [-0.4, -0.2) is 51.6 Å². The molecule has 1 aliphatic heterocycles. The van der Waals surface area contributed by atoms with Gasteiger partial charge in [0, 0.05) is 31.0 Å². The van der Waals surface area contributed by atoms with Crippen LogP contribution in [0.4, 0.5) is 0 Å². The summed E-state index contributed by atoms with van der Waals surface area (Å²) in [4.78, 5) is 4.31. The van der Waals surface area contributed by atoms with Crippen LogP contribution in [0, 0.1) is 0 Å². The average Bonchev–Trinajstić information content (AvgIpc) is 2.81. The number of hydrogen-bond donors (Lipinski definition) is 1. The van der Waals surface area contributed by atoms with Crippen LogP contribution >= 0.6 is 11.8 Å². The van der Waals surface area contributed by atoms with Crippen molar-refractivity contribution in [3.8, 4) is 0 Å². The number of nitrogens with one attached hydrogen (secondary N) is 1. The highest BCUT2D eigenvalue weighted by Gasteiger charge is 2.25. The van der Waals surface area contributed by atoms with Gasteiger partial charge in [0.1, 0.15) is 12.2 Å². The molecule has 2 heterocycles. The lowest BCUT2D eigenvalue weighted by Crippen LogP contribution is -2.46. The zero-order valence-corrected chi connectivity index (χ0v) is 11.9. The molecule has 1 aliphatic rings. The molecule has 6 heteroatoms. The van der Waals surface area contributed by atoms with Crippen molar-refractivity contribution in [3.63, 3.8) is 0 Å². The van der Waals surface area contributed by atoms with Gasteiger partial charge in [-0.2, -0.15) is 16.9 Å². The highest BCUT2D eigenvalue weighted by atomic mass is 32.2. The van der Waals surface area contributed by atoms with Crippen molar-refractivity contribution in [2.75, 3.05) is 24.7 Å². The molecule has 0 bridgehead atoms. The topological polar surface area (TPSA) is 52.0 Å². The van der Waals surface area contributed by atoms with Gasteiger partial charge in [0.2, 0.25) is 0 Å². The molecule has 0 aromatic carbocycles. The van der Waals surface area contributed by atoms with Gasteiger partial charge in [-0.25, -0.2) is 4.98 Å². The molecule has 1 aromatic heterocycles. The summed E-state index contributed by atoms with van der Waals surface area (Å²) in [7, 11) is 1.94. The van der Waals surface area contributed by atoms with E-state index in [4.69, 9.17) is 4.74 Å². The third-order valence-electron chi connectivity index (χ3n) is 3.15. The van der Waals surface area contributed by atoms with Crippen LogP contribution in [0.5, 0.6) is 0 Å². The Kier molecular flexibility index (Phi) is 5.46. The minimum absolute atomic E-state index is 0.284. The molecule has 1 aromatic rings. The normalized spacial score (nSPS) is 22.0. The molecule has 0 saturated carbocycles. The molecule has 18 heavy (non-hydrogen) atoms. The summed E-state index contributed by atoms with van der Waals surface area (Å²) in [5, 5.41) is 7.71. The van der Waals surface area contributed by atoms with Crippen LogP contribution < -0.4 is 5.32 Å². The molecule has 2 atom stereocenters. The number of aromatic nitrogens is 3. The first-order valence-corrected chi connectivity index (χ1v) is 7.72. The Bertz CT molecular complexity index is 352. The maximum atomic E-state index is 5.89. The van der Waals surface area contributed by atoms with Crippen LogP contribution in [0.15, 0.2) is 6.33 Å². The molecule has 0 amide bonds. The molecular formula is C12H22N4OS. The van der Waals surface area contributed by atoms with E-state index in [1.807, 2.05) is 23.5 Å². The lowest BCUT2D eigenvalue weighted by molar-refractivity contribution is 0.0465. The molecule has 0 aliphatic carbocycles. The molecule has 2 rings (SSSR count). The number of thioether (sulfide) groups is 1. The van der Waals surface area contributed by atoms with Crippen molar-refractivity contribution in [2.24, 2.45) is 7.05 Å². The van der Waals surface area contributed by atoms with Gasteiger partial charge in [0.05, 0.1) is 12.7 Å². The number of ether oxygens (including phenoxy) is 1. The summed E-state index contributed by atoms with van der Waals surface area (Å²) in [6.45, 7) is 4.06. The first kappa shape index (κ1) is 13.8. The zero-order chi connectivity index (χ0) is 12.8. The third kappa shape index (κ3) is 3.70. The van der Waals surface area contributed by atoms with Gasteiger partial charge >= 0.3 is 0 Å². The van der Waals surface area contributed by atoms with E-state index < -0.39 is 0 Å². The zero-order valence-electron chi connectivity index (χ0n) is 11.1. The number of aryl methyl sites for hydroxylation is 1. The summed E-state index contributed by atoms with van der Waals surface area (Å²) < 4.78 is 7.73. The predicted molar refractivity (Wildman–Crippen MR) is 73.9 cm³/mol. The fraction of sp³-hybridized carbons (Fsp3) is 0.833. The van der Waals surface area contributed by atoms with Crippen LogP contribution in [0.3, 0.4) is 0 Å². The van der Waals surface area contributed by atoms with Crippen molar-refractivity contribution >= 4 is 11.8 Å². The lowest BCUT2D eigenvalue weighted by atomic mass is 10.1. The molecule has 1 saturated heterocycles. The van der Waals surface area contributed by atoms with Crippen LogP contribution in [0.1, 0.15) is 19.2 Å². The molecule has 2 unspecified atom stereocenters. The minimum Gasteiger partial charge on any atom is -0.375 e. The SMILES string of the molecule is CCCNC(Cc1ncnn1C)C1CSCCO1. The van der Waals surface area contributed by atoms with Crippen LogP contribution in [0.25, 0.3) is 0 Å². The predicted octanol–water partition coefficient (Wildman–Crippen LogP) is 0.858. The average molecular weight is 270 g/mol. The summed E-state index contributed by atoms with van der Waals surface area (Å²) in [6.07, 6.45) is 3.91. The molecule has 5 nitrogen and oxygen atoms in total. The number of hydrogen-bond acceptors (Lipinski definition) is 5. The van der Waals surface area contributed by atoms with Crippen molar-refractivity contribution in [1.29, 1.82) is 0 Å². The van der Waals surface area contributed by atoms with Gasteiger partial charge in [-0.15, -0.1) is 0 Å². The van der Waals surface area contributed by atoms with Crippen molar-refractivity contribution in [1.82, 2.24) is 20.1 Å². The highest BCUT2D eigenvalue weighted by Crippen LogP contribution is 2.17. The van der Waals surface area contributed by atoms with Gasteiger partial charge < -0.3 is 10.1 Å². The summed E-state index contributed by atoms with van der Waals surface area (Å²) in [5.41, 5.74) is 0. The van der Waals surface area contributed by atoms with E-state index in [2.05, 4.69) is 22.3 Å². The Morgan fingerprint density at radius 1 is 1.67 bits per heavy atom. The second-order valence-electron chi connectivity index (χ2n) is 4.55.